The van der Waals surface area contributed by atoms with E-state index in [1.165, 1.54) is 0 Å². The molecule has 3 nitrogen and oxygen atoms in total. The molecule has 0 spiro atoms. The molecule has 3 heteroatoms. The van der Waals surface area contributed by atoms with Crippen LogP contribution in [0.3, 0.4) is 0 Å². The summed E-state index contributed by atoms with van der Waals surface area (Å²) in [4.78, 5) is 0. The van der Waals surface area contributed by atoms with Gasteiger partial charge >= 0.3 is 0 Å². The molecule has 0 amide bonds. The molecular weight excluding hydrogens is 202 g/mol. The summed E-state index contributed by atoms with van der Waals surface area (Å²) in [6, 6.07) is 5.88. The van der Waals surface area contributed by atoms with Gasteiger partial charge in [-0.15, -0.1) is 0 Å². The van der Waals surface area contributed by atoms with Crippen molar-refractivity contribution in [3.63, 3.8) is 0 Å². The summed E-state index contributed by atoms with van der Waals surface area (Å²) in [6.07, 6.45) is 2.03. The van der Waals surface area contributed by atoms with Gasteiger partial charge in [0.05, 0.1) is 13.2 Å². The van der Waals surface area contributed by atoms with E-state index in [1.54, 1.807) is 7.11 Å². The zero-order chi connectivity index (χ0) is 12.0. The van der Waals surface area contributed by atoms with Crippen molar-refractivity contribution in [2.24, 2.45) is 5.73 Å². The topological polar surface area (TPSA) is 44.5 Å². The van der Waals surface area contributed by atoms with Crippen LogP contribution >= 0.6 is 0 Å². The van der Waals surface area contributed by atoms with Crippen molar-refractivity contribution < 1.29 is 9.47 Å². The van der Waals surface area contributed by atoms with Crippen molar-refractivity contribution in [1.29, 1.82) is 0 Å². The molecule has 16 heavy (non-hydrogen) atoms. The summed E-state index contributed by atoms with van der Waals surface area (Å²) < 4.78 is 11.0. The lowest BCUT2D eigenvalue weighted by molar-refractivity contribution is 0.214. The molecule has 1 atom stereocenters. The van der Waals surface area contributed by atoms with Gasteiger partial charge in [0.25, 0.3) is 0 Å². The molecule has 1 unspecified atom stereocenters. The van der Waals surface area contributed by atoms with E-state index in [0.717, 1.165) is 29.9 Å². The number of methoxy groups -OCH3 is 1. The number of hydrogen-bond acceptors (Lipinski definition) is 3. The first-order valence-electron chi connectivity index (χ1n) is 5.74. The maximum absolute atomic E-state index is 5.85. The Balaban J connectivity index is 2.90. The van der Waals surface area contributed by atoms with Gasteiger partial charge in [0.1, 0.15) is 11.5 Å². The molecule has 0 radical (unpaired) electrons. The molecule has 0 saturated heterocycles. The van der Waals surface area contributed by atoms with Crippen molar-refractivity contribution in [1.82, 2.24) is 0 Å². The highest BCUT2D eigenvalue weighted by atomic mass is 16.5. The fraction of sp³-hybridized carbons (Fsp3) is 0.538. The molecule has 1 aromatic carbocycles. The van der Waals surface area contributed by atoms with Gasteiger partial charge in [0.15, 0.2) is 0 Å². The number of rotatable bonds is 6. The molecule has 2 N–H and O–H groups in total. The third kappa shape index (κ3) is 3.42. The number of nitrogens with two attached hydrogens (primary N) is 1. The fourth-order valence-electron chi connectivity index (χ4n) is 1.43. The highest BCUT2D eigenvalue weighted by molar-refractivity contribution is 5.41. The summed E-state index contributed by atoms with van der Waals surface area (Å²) in [5.41, 5.74) is 6.72. The molecule has 0 aromatic heterocycles. The van der Waals surface area contributed by atoms with Crippen LogP contribution in [0.1, 0.15) is 25.8 Å². The monoisotopic (exact) mass is 223 g/mol. The second-order valence-electron chi connectivity index (χ2n) is 3.85. The van der Waals surface area contributed by atoms with Crippen LogP contribution in [-0.2, 0) is 6.42 Å². The second kappa shape index (κ2) is 6.38. The zero-order valence-electron chi connectivity index (χ0n) is 10.3. The smallest absolute Gasteiger partial charge is 0.126 e. The van der Waals surface area contributed by atoms with E-state index in [2.05, 4.69) is 13.8 Å². The molecule has 0 aliphatic carbocycles. The first kappa shape index (κ1) is 12.8. The lowest BCUT2D eigenvalue weighted by Gasteiger charge is -2.16. The average molecular weight is 223 g/mol. The molecule has 0 saturated carbocycles. The molecule has 0 fully saturated rings. The van der Waals surface area contributed by atoms with E-state index in [9.17, 15) is 0 Å². The Hall–Kier alpha value is -1.22. The highest BCUT2D eigenvalue weighted by Gasteiger charge is 2.08. The molecule has 1 rings (SSSR count). The lowest BCUT2D eigenvalue weighted by Crippen LogP contribution is -2.12. The standard InChI is InChI=1S/C13H21NO2/c1-4-10(2)16-13-9-12(15-3)6-5-11(13)7-8-14/h5-6,9-10H,4,7-8,14H2,1-3H3. The fourth-order valence-corrected chi connectivity index (χ4v) is 1.43. The second-order valence-corrected chi connectivity index (χ2v) is 3.85. The first-order valence-corrected chi connectivity index (χ1v) is 5.74. The largest absolute Gasteiger partial charge is 0.497 e. The Labute approximate surface area is 97.6 Å². The van der Waals surface area contributed by atoms with Crippen LogP contribution in [0, 0.1) is 0 Å². The Morgan fingerprint density at radius 1 is 1.38 bits per heavy atom. The van der Waals surface area contributed by atoms with Crippen molar-refractivity contribution in [3.05, 3.63) is 23.8 Å². The molecule has 90 valence electrons. The van der Waals surface area contributed by atoms with E-state index in [-0.39, 0.29) is 6.10 Å². The van der Waals surface area contributed by atoms with Crippen molar-refractivity contribution in [3.8, 4) is 11.5 Å². The maximum Gasteiger partial charge on any atom is 0.126 e. The van der Waals surface area contributed by atoms with Gasteiger partial charge < -0.3 is 15.2 Å². The van der Waals surface area contributed by atoms with Crippen LogP contribution in [0.4, 0.5) is 0 Å². The van der Waals surface area contributed by atoms with E-state index in [0.29, 0.717) is 6.54 Å². The van der Waals surface area contributed by atoms with Crippen LogP contribution in [0.25, 0.3) is 0 Å². The molecule has 0 aliphatic heterocycles. The van der Waals surface area contributed by atoms with Crippen LogP contribution in [-0.4, -0.2) is 19.8 Å². The van der Waals surface area contributed by atoms with Gasteiger partial charge in [-0.3, -0.25) is 0 Å². The van der Waals surface area contributed by atoms with E-state index >= 15 is 0 Å². The van der Waals surface area contributed by atoms with Gasteiger partial charge in [-0.1, -0.05) is 13.0 Å². The van der Waals surface area contributed by atoms with Crippen LogP contribution in [0.2, 0.25) is 0 Å². The zero-order valence-corrected chi connectivity index (χ0v) is 10.3. The van der Waals surface area contributed by atoms with E-state index in [4.69, 9.17) is 15.2 Å². The minimum Gasteiger partial charge on any atom is -0.497 e. The quantitative estimate of drug-likeness (QED) is 0.805. The van der Waals surface area contributed by atoms with E-state index < -0.39 is 0 Å². The Kier molecular flexibility index (Phi) is 5.12. The van der Waals surface area contributed by atoms with Gasteiger partial charge in [0, 0.05) is 6.07 Å². The van der Waals surface area contributed by atoms with Crippen molar-refractivity contribution in [2.75, 3.05) is 13.7 Å². The summed E-state index contributed by atoms with van der Waals surface area (Å²) in [6.45, 7) is 4.79. The SMILES string of the molecule is CCC(C)Oc1cc(OC)ccc1CCN. The summed E-state index contributed by atoms with van der Waals surface area (Å²) in [5.74, 6) is 1.71. The normalized spacial score (nSPS) is 12.2. The average Bonchev–Trinajstić information content (AvgIpc) is 2.31. The Morgan fingerprint density at radius 2 is 2.12 bits per heavy atom. The third-order valence-corrected chi connectivity index (χ3v) is 2.59. The van der Waals surface area contributed by atoms with Gasteiger partial charge in [-0.2, -0.15) is 0 Å². The molecule has 0 aliphatic rings. The number of benzene rings is 1. The third-order valence-electron chi connectivity index (χ3n) is 2.59. The van der Waals surface area contributed by atoms with Crippen LogP contribution < -0.4 is 15.2 Å². The summed E-state index contributed by atoms with van der Waals surface area (Å²) in [7, 11) is 1.66. The van der Waals surface area contributed by atoms with Crippen LogP contribution in [0.15, 0.2) is 18.2 Å². The van der Waals surface area contributed by atoms with Gasteiger partial charge in [-0.25, -0.2) is 0 Å². The minimum atomic E-state index is 0.212. The number of hydrogen-bond donors (Lipinski definition) is 1. The van der Waals surface area contributed by atoms with E-state index in [1.807, 2.05) is 18.2 Å². The first-order chi connectivity index (χ1) is 7.71. The number of ether oxygens (including phenoxy) is 2. The predicted molar refractivity (Wildman–Crippen MR) is 66.1 cm³/mol. The van der Waals surface area contributed by atoms with Crippen LogP contribution in [0.5, 0.6) is 11.5 Å². The predicted octanol–water partition coefficient (Wildman–Crippen LogP) is 2.37. The van der Waals surface area contributed by atoms with Crippen molar-refractivity contribution >= 4 is 0 Å². The molecular formula is C13H21NO2. The van der Waals surface area contributed by atoms with Gasteiger partial charge in [0.2, 0.25) is 0 Å². The van der Waals surface area contributed by atoms with Gasteiger partial charge in [-0.05, 0) is 37.9 Å². The minimum absolute atomic E-state index is 0.212. The van der Waals surface area contributed by atoms with Crippen molar-refractivity contribution in [2.45, 2.75) is 32.8 Å². The molecule has 1 aromatic rings. The summed E-state index contributed by atoms with van der Waals surface area (Å²) >= 11 is 0. The maximum atomic E-state index is 5.85. The Morgan fingerprint density at radius 3 is 2.69 bits per heavy atom. The highest BCUT2D eigenvalue weighted by Crippen LogP contribution is 2.26. The molecule has 0 bridgehead atoms. The lowest BCUT2D eigenvalue weighted by atomic mass is 10.1. The summed E-state index contributed by atoms with van der Waals surface area (Å²) in [5, 5.41) is 0. The molecule has 0 heterocycles. The Bertz CT molecular complexity index is 326.